The molecule has 0 aliphatic carbocycles. The number of para-hydroxylation sites is 1. The molecule has 1 saturated heterocycles. The molecule has 162 valence electrons. The highest BCUT2D eigenvalue weighted by Crippen LogP contribution is 2.37. The Morgan fingerprint density at radius 3 is 2.50 bits per heavy atom. The van der Waals surface area contributed by atoms with E-state index in [0.29, 0.717) is 27.0 Å². The Bertz CT molecular complexity index is 1210. The summed E-state index contributed by atoms with van der Waals surface area (Å²) in [7, 11) is 1.47. The summed E-state index contributed by atoms with van der Waals surface area (Å²) in [5, 5.41) is 1.18. The average Bonchev–Trinajstić information content (AvgIpc) is 3.08. The molecule has 0 radical (unpaired) electrons. The van der Waals surface area contributed by atoms with E-state index in [9.17, 15) is 14.0 Å². The molecule has 0 aromatic heterocycles. The Balaban J connectivity index is 1.70. The summed E-state index contributed by atoms with van der Waals surface area (Å²) < 4.78 is 26.0. The Morgan fingerprint density at radius 2 is 1.78 bits per heavy atom. The van der Waals surface area contributed by atoms with Gasteiger partial charge in [0.2, 0.25) is 0 Å². The molecule has 4 rings (SSSR count). The van der Waals surface area contributed by atoms with Gasteiger partial charge in [0.25, 0.3) is 11.8 Å². The molecule has 3 aromatic rings. The molecule has 6 nitrogen and oxygen atoms in total. The highest BCUT2D eigenvalue weighted by Gasteiger charge is 2.34. The predicted octanol–water partition coefficient (Wildman–Crippen LogP) is 4.64. The zero-order valence-corrected chi connectivity index (χ0v) is 18.6. The summed E-state index contributed by atoms with van der Waals surface area (Å²) in [5.74, 6) is -0.788. The lowest BCUT2D eigenvalue weighted by atomic mass is 10.1. The summed E-state index contributed by atoms with van der Waals surface area (Å²) in [4.78, 5) is 25.5. The number of carbonyl (C=O) groups is 2. The largest absolute Gasteiger partial charge is 0.493 e. The van der Waals surface area contributed by atoms with Crippen molar-refractivity contribution in [2.24, 2.45) is 0 Å². The smallest absolute Gasteiger partial charge is 0.282 e. The molecule has 0 spiro atoms. The van der Waals surface area contributed by atoms with Gasteiger partial charge < -0.3 is 9.47 Å². The summed E-state index contributed by atoms with van der Waals surface area (Å²) in [6.45, 7) is -0.0584. The maximum absolute atomic E-state index is 14.0. The summed E-state index contributed by atoms with van der Waals surface area (Å²) >= 11 is 3.40. The van der Waals surface area contributed by atoms with Gasteiger partial charge in [-0.2, -0.15) is 0 Å². The van der Waals surface area contributed by atoms with Gasteiger partial charge in [-0.15, -0.1) is 0 Å². The van der Waals surface area contributed by atoms with Crippen molar-refractivity contribution in [3.63, 3.8) is 0 Å². The van der Waals surface area contributed by atoms with Crippen LogP contribution < -0.4 is 19.9 Å². The maximum atomic E-state index is 14.0. The first-order valence-corrected chi connectivity index (χ1v) is 10.4. The number of hydrogen-bond donors (Lipinski definition) is 1. The maximum Gasteiger partial charge on any atom is 0.282 e. The van der Waals surface area contributed by atoms with E-state index in [1.54, 1.807) is 54.6 Å². The van der Waals surface area contributed by atoms with E-state index in [1.807, 2.05) is 6.07 Å². The number of halogens is 2. The molecular formula is C24H18BrFN2O4. The van der Waals surface area contributed by atoms with Crippen LogP contribution in [0.5, 0.6) is 11.5 Å². The van der Waals surface area contributed by atoms with Crippen molar-refractivity contribution < 1.29 is 23.5 Å². The fraction of sp³-hybridized carbons (Fsp3) is 0.0833. The molecular weight excluding hydrogens is 479 g/mol. The van der Waals surface area contributed by atoms with Crippen LogP contribution in [-0.4, -0.2) is 18.9 Å². The van der Waals surface area contributed by atoms with Gasteiger partial charge in [0, 0.05) is 15.6 Å². The van der Waals surface area contributed by atoms with Crippen molar-refractivity contribution in [2.45, 2.75) is 6.61 Å². The van der Waals surface area contributed by atoms with E-state index >= 15 is 0 Å². The Kier molecular flexibility index (Phi) is 6.23. The number of methoxy groups -OCH3 is 1. The molecule has 0 bridgehead atoms. The van der Waals surface area contributed by atoms with E-state index in [2.05, 4.69) is 21.4 Å². The minimum Gasteiger partial charge on any atom is -0.493 e. The van der Waals surface area contributed by atoms with Gasteiger partial charge in [-0.1, -0.05) is 52.3 Å². The number of amides is 2. The van der Waals surface area contributed by atoms with Crippen LogP contribution in [-0.2, 0) is 16.2 Å². The second-order valence-corrected chi connectivity index (χ2v) is 7.80. The van der Waals surface area contributed by atoms with Gasteiger partial charge in [0.05, 0.1) is 12.8 Å². The zero-order chi connectivity index (χ0) is 22.7. The van der Waals surface area contributed by atoms with Crippen LogP contribution in [0.2, 0.25) is 0 Å². The molecule has 32 heavy (non-hydrogen) atoms. The lowest BCUT2D eigenvalue weighted by molar-refractivity contribution is -0.117. The number of anilines is 1. The molecule has 0 atom stereocenters. The minimum atomic E-state index is -0.544. The van der Waals surface area contributed by atoms with Crippen LogP contribution in [0.3, 0.4) is 0 Å². The Hall–Kier alpha value is -3.65. The van der Waals surface area contributed by atoms with E-state index < -0.39 is 17.6 Å². The highest BCUT2D eigenvalue weighted by atomic mass is 79.9. The molecule has 1 aliphatic heterocycles. The number of rotatable bonds is 6. The van der Waals surface area contributed by atoms with Gasteiger partial charge in [-0.05, 0) is 36.4 Å². The second-order valence-electron chi connectivity index (χ2n) is 6.88. The van der Waals surface area contributed by atoms with Crippen molar-refractivity contribution in [2.75, 3.05) is 12.1 Å². The Labute approximate surface area is 192 Å². The molecule has 1 fully saturated rings. The number of nitrogens with one attached hydrogen (secondary N) is 1. The van der Waals surface area contributed by atoms with Crippen LogP contribution in [0.15, 0.2) is 76.8 Å². The topological polar surface area (TPSA) is 67.9 Å². The number of carbonyl (C=O) groups excluding carboxylic acids is 2. The average molecular weight is 497 g/mol. The van der Waals surface area contributed by atoms with E-state index in [-0.39, 0.29) is 17.9 Å². The zero-order valence-electron chi connectivity index (χ0n) is 17.0. The fourth-order valence-corrected chi connectivity index (χ4v) is 3.69. The molecule has 0 unspecified atom stereocenters. The van der Waals surface area contributed by atoms with Crippen LogP contribution in [0.4, 0.5) is 10.1 Å². The van der Waals surface area contributed by atoms with Crippen molar-refractivity contribution >= 4 is 39.5 Å². The lowest BCUT2D eigenvalue weighted by Crippen LogP contribution is -2.35. The van der Waals surface area contributed by atoms with Gasteiger partial charge in [-0.25, -0.2) is 9.40 Å². The van der Waals surface area contributed by atoms with Gasteiger partial charge in [-0.3, -0.25) is 15.0 Å². The standard InChI is InChI=1S/C24H18BrFN2O4/c1-31-21-13-17(25)11-16(22(21)32-14-15-7-5-6-10-20(15)26)12-19-23(29)27-28(24(19)30)18-8-3-2-4-9-18/h2-13H,14H2,1H3,(H,27,29)/b19-12-. The van der Waals surface area contributed by atoms with E-state index in [0.717, 1.165) is 0 Å². The first-order valence-electron chi connectivity index (χ1n) is 9.64. The SMILES string of the molecule is COc1cc(Br)cc(/C=C2/C(=O)NN(c3ccccc3)C2=O)c1OCc1ccccc1F. The van der Waals surface area contributed by atoms with E-state index in [1.165, 1.54) is 24.3 Å². The second kappa shape index (κ2) is 9.23. The quantitative estimate of drug-likeness (QED) is 0.398. The molecule has 2 amide bonds. The molecule has 1 heterocycles. The normalized spacial score (nSPS) is 14.6. The first kappa shape index (κ1) is 21.6. The fourth-order valence-electron chi connectivity index (χ4n) is 3.24. The molecule has 1 N–H and O–H groups in total. The van der Waals surface area contributed by atoms with Crippen molar-refractivity contribution in [1.29, 1.82) is 0 Å². The molecule has 8 heteroatoms. The van der Waals surface area contributed by atoms with Crippen LogP contribution in [0.1, 0.15) is 11.1 Å². The third-order valence-electron chi connectivity index (χ3n) is 4.80. The minimum absolute atomic E-state index is 0.0584. The summed E-state index contributed by atoms with van der Waals surface area (Å²) in [5.41, 5.74) is 3.83. The van der Waals surface area contributed by atoms with Gasteiger partial charge >= 0.3 is 0 Å². The Morgan fingerprint density at radius 1 is 1.06 bits per heavy atom. The third-order valence-corrected chi connectivity index (χ3v) is 5.26. The monoisotopic (exact) mass is 496 g/mol. The number of benzene rings is 3. The molecule has 3 aromatic carbocycles. The molecule has 0 saturated carbocycles. The number of hydrazine groups is 1. The van der Waals surface area contributed by atoms with Gasteiger partial charge in [0.1, 0.15) is 18.0 Å². The van der Waals surface area contributed by atoms with Crippen LogP contribution in [0, 0.1) is 5.82 Å². The van der Waals surface area contributed by atoms with Crippen molar-refractivity contribution in [3.05, 3.63) is 93.7 Å². The summed E-state index contributed by atoms with van der Waals surface area (Å²) in [6, 6.07) is 18.4. The molecule has 1 aliphatic rings. The van der Waals surface area contributed by atoms with Crippen LogP contribution >= 0.6 is 15.9 Å². The summed E-state index contributed by atoms with van der Waals surface area (Å²) in [6.07, 6.45) is 1.44. The predicted molar refractivity (Wildman–Crippen MR) is 121 cm³/mol. The number of ether oxygens (including phenoxy) is 2. The van der Waals surface area contributed by atoms with Crippen molar-refractivity contribution in [3.8, 4) is 11.5 Å². The van der Waals surface area contributed by atoms with Crippen molar-refractivity contribution in [1.82, 2.24) is 5.43 Å². The van der Waals surface area contributed by atoms with Gasteiger partial charge in [0.15, 0.2) is 11.5 Å². The highest BCUT2D eigenvalue weighted by molar-refractivity contribution is 9.10. The lowest BCUT2D eigenvalue weighted by Gasteiger charge is -2.15. The van der Waals surface area contributed by atoms with E-state index in [4.69, 9.17) is 9.47 Å². The van der Waals surface area contributed by atoms with Crippen LogP contribution in [0.25, 0.3) is 6.08 Å². The number of hydrogen-bond acceptors (Lipinski definition) is 4. The first-order chi connectivity index (χ1) is 15.5. The third kappa shape index (κ3) is 4.36. The number of nitrogens with zero attached hydrogens (tertiary/aromatic N) is 1.